The number of hydrogen-bond donors (Lipinski definition) is 2. The zero-order valence-electron chi connectivity index (χ0n) is 14.8. The quantitative estimate of drug-likeness (QED) is 0.897. The van der Waals surface area contributed by atoms with Crippen LogP contribution < -0.4 is 10.2 Å². The van der Waals surface area contributed by atoms with Crippen molar-refractivity contribution in [2.75, 3.05) is 23.3 Å². The molecule has 0 bridgehead atoms. The summed E-state index contributed by atoms with van der Waals surface area (Å²) in [5.41, 5.74) is 2.46. The SMILES string of the molecule is Cc1ccc(NC(=O)c2ccc(N3CCCC(C(C)O)C3)nc2)cc1. The Hall–Kier alpha value is -2.40. The number of nitrogens with zero attached hydrogens (tertiary/aromatic N) is 2. The van der Waals surface area contributed by atoms with E-state index in [0.717, 1.165) is 43.0 Å². The molecule has 1 saturated heterocycles. The van der Waals surface area contributed by atoms with Gasteiger partial charge in [-0.2, -0.15) is 0 Å². The molecule has 1 aromatic carbocycles. The van der Waals surface area contributed by atoms with Crippen LogP contribution in [-0.2, 0) is 0 Å². The van der Waals surface area contributed by atoms with Crippen LogP contribution in [0.15, 0.2) is 42.6 Å². The van der Waals surface area contributed by atoms with Gasteiger partial charge in [0.05, 0.1) is 11.7 Å². The van der Waals surface area contributed by atoms with Crippen LogP contribution in [0.4, 0.5) is 11.5 Å². The average Bonchev–Trinajstić information content (AvgIpc) is 2.64. The van der Waals surface area contributed by atoms with Crippen molar-refractivity contribution in [3.05, 3.63) is 53.7 Å². The highest BCUT2D eigenvalue weighted by atomic mass is 16.3. The van der Waals surface area contributed by atoms with Gasteiger partial charge in [0.25, 0.3) is 5.91 Å². The molecule has 5 heteroatoms. The molecule has 1 aliphatic heterocycles. The van der Waals surface area contributed by atoms with Crippen molar-refractivity contribution in [2.45, 2.75) is 32.8 Å². The van der Waals surface area contributed by atoms with Gasteiger partial charge >= 0.3 is 0 Å². The zero-order chi connectivity index (χ0) is 17.8. The van der Waals surface area contributed by atoms with Crippen LogP contribution in [0.1, 0.15) is 35.7 Å². The minimum atomic E-state index is -0.303. The fourth-order valence-corrected chi connectivity index (χ4v) is 3.16. The zero-order valence-corrected chi connectivity index (χ0v) is 14.8. The number of hydrogen-bond acceptors (Lipinski definition) is 4. The van der Waals surface area contributed by atoms with Gasteiger partial charge in [0, 0.05) is 30.9 Å². The number of aliphatic hydroxyl groups is 1. The van der Waals surface area contributed by atoms with Crippen molar-refractivity contribution in [2.24, 2.45) is 5.92 Å². The summed E-state index contributed by atoms with van der Waals surface area (Å²) in [6, 6.07) is 11.4. The van der Waals surface area contributed by atoms with Crippen LogP contribution >= 0.6 is 0 Å². The molecule has 0 radical (unpaired) electrons. The normalized spacial score (nSPS) is 18.7. The van der Waals surface area contributed by atoms with Crippen molar-refractivity contribution in [3.63, 3.8) is 0 Å². The molecule has 2 atom stereocenters. The monoisotopic (exact) mass is 339 g/mol. The van der Waals surface area contributed by atoms with Gasteiger partial charge in [0.2, 0.25) is 0 Å². The van der Waals surface area contributed by atoms with Gasteiger partial charge in [-0.25, -0.2) is 4.98 Å². The van der Waals surface area contributed by atoms with Crippen molar-refractivity contribution in [1.29, 1.82) is 0 Å². The number of carbonyl (C=O) groups excluding carboxylic acids is 1. The summed E-state index contributed by atoms with van der Waals surface area (Å²) >= 11 is 0. The Morgan fingerprint density at radius 2 is 2.04 bits per heavy atom. The van der Waals surface area contributed by atoms with E-state index < -0.39 is 0 Å². The molecule has 5 nitrogen and oxygen atoms in total. The first-order chi connectivity index (χ1) is 12.0. The maximum Gasteiger partial charge on any atom is 0.257 e. The first kappa shape index (κ1) is 17.4. The predicted molar refractivity (Wildman–Crippen MR) is 100.0 cm³/mol. The second-order valence-electron chi connectivity index (χ2n) is 6.81. The summed E-state index contributed by atoms with van der Waals surface area (Å²) in [6.07, 6.45) is 3.41. The van der Waals surface area contributed by atoms with Crippen molar-refractivity contribution >= 4 is 17.4 Å². The van der Waals surface area contributed by atoms with E-state index in [2.05, 4.69) is 15.2 Å². The number of amides is 1. The van der Waals surface area contributed by atoms with E-state index in [-0.39, 0.29) is 17.9 Å². The minimum Gasteiger partial charge on any atom is -0.393 e. The lowest BCUT2D eigenvalue weighted by Gasteiger charge is -2.34. The molecule has 1 aromatic heterocycles. The van der Waals surface area contributed by atoms with Gasteiger partial charge in [-0.05, 0) is 51.0 Å². The predicted octanol–water partition coefficient (Wildman–Crippen LogP) is 3.24. The van der Waals surface area contributed by atoms with Crippen LogP contribution in [-0.4, -0.2) is 35.2 Å². The Labute approximate surface area is 148 Å². The number of nitrogens with one attached hydrogen (secondary N) is 1. The molecular formula is C20H25N3O2. The number of pyridine rings is 1. The lowest BCUT2D eigenvalue weighted by molar-refractivity contribution is 0.102. The summed E-state index contributed by atoms with van der Waals surface area (Å²) in [7, 11) is 0. The summed E-state index contributed by atoms with van der Waals surface area (Å²) < 4.78 is 0. The van der Waals surface area contributed by atoms with Crippen LogP contribution in [0, 0.1) is 12.8 Å². The highest BCUT2D eigenvalue weighted by Gasteiger charge is 2.24. The maximum atomic E-state index is 12.3. The van der Waals surface area contributed by atoms with Gasteiger partial charge in [0.15, 0.2) is 0 Å². The van der Waals surface area contributed by atoms with Crippen molar-refractivity contribution in [1.82, 2.24) is 4.98 Å². The van der Waals surface area contributed by atoms with Crippen LogP contribution in [0.25, 0.3) is 0 Å². The third-order valence-electron chi connectivity index (χ3n) is 4.78. The van der Waals surface area contributed by atoms with E-state index in [1.807, 2.05) is 44.2 Å². The number of aromatic nitrogens is 1. The smallest absolute Gasteiger partial charge is 0.257 e. The molecule has 1 aliphatic rings. The molecule has 2 unspecified atom stereocenters. The average molecular weight is 339 g/mol. The number of aryl methyl sites for hydroxylation is 1. The molecule has 0 saturated carbocycles. The summed E-state index contributed by atoms with van der Waals surface area (Å²) in [6.45, 7) is 5.60. The van der Waals surface area contributed by atoms with Gasteiger partial charge < -0.3 is 15.3 Å². The third-order valence-corrected chi connectivity index (χ3v) is 4.78. The molecule has 25 heavy (non-hydrogen) atoms. The fourth-order valence-electron chi connectivity index (χ4n) is 3.16. The molecule has 3 rings (SSSR count). The van der Waals surface area contributed by atoms with E-state index in [9.17, 15) is 9.90 Å². The molecule has 2 aromatic rings. The number of aliphatic hydroxyl groups excluding tert-OH is 1. The van der Waals surface area contributed by atoms with Crippen LogP contribution in [0.5, 0.6) is 0 Å². The fraction of sp³-hybridized carbons (Fsp3) is 0.400. The van der Waals surface area contributed by atoms with Gasteiger partial charge in [-0.1, -0.05) is 17.7 Å². The topological polar surface area (TPSA) is 65.5 Å². The van der Waals surface area contributed by atoms with Crippen LogP contribution in [0.2, 0.25) is 0 Å². The Balaban J connectivity index is 1.65. The highest BCUT2D eigenvalue weighted by molar-refractivity contribution is 6.04. The number of rotatable bonds is 4. The second-order valence-corrected chi connectivity index (χ2v) is 6.81. The highest BCUT2D eigenvalue weighted by Crippen LogP contribution is 2.24. The lowest BCUT2D eigenvalue weighted by atomic mass is 9.93. The largest absolute Gasteiger partial charge is 0.393 e. The van der Waals surface area contributed by atoms with Crippen LogP contribution in [0.3, 0.4) is 0 Å². The Morgan fingerprint density at radius 1 is 1.28 bits per heavy atom. The summed E-state index contributed by atoms with van der Waals surface area (Å²) in [5.74, 6) is 0.973. The van der Waals surface area contributed by atoms with Gasteiger partial charge in [-0.15, -0.1) is 0 Å². The molecule has 0 spiro atoms. The Bertz CT molecular complexity index is 711. The second kappa shape index (κ2) is 7.66. The molecule has 2 heterocycles. The maximum absolute atomic E-state index is 12.3. The van der Waals surface area contributed by atoms with E-state index in [1.54, 1.807) is 12.3 Å². The number of carbonyl (C=O) groups is 1. The van der Waals surface area contributed by atoms with E-state index >= 15 is 0 Å². The van der Waals surface area contributed by atoms with E-state index in [1.165, 1.54) is 0 Å². The van der Waals surface area contributed by atoms with Crippen molar-refractivity contribution < 1.29 is 9.90 Å². The molecule has 1 amide bonds. The number of piperidine rings is 1. The Kier molecular flexibility index (Phi) is 5.34. The standard InChI is InChI=1S/C20H25N3O2/c1-14-5-8-18(9-6-14)22-20(25)16-7-10-19(21-12-16)23-11-3-4-17(13-23)15(2)24/h5-10,12,15,17,24H,3-4,11,13H2,1-2H3,(H,22,25). The molecule has 1 fully saturated rings. The van der Waals surface area contributed by atoms with Crippen molar-refractivity contribution in [3.8, 4) is 0 Å². The summed E-state index contributed by atoms with van der Waals surface area (Å²) in [5, 5.41) is 12.7. The lowest BCUT2D eigenvalue weighted by Crippen LogP contribution is -2.39. The van der Waals surface area contributed by atoms with Gasteiger partial charge in [0.1, 0.15) is 5.82 Å². The summed E-state index contributed by atoms with van der Waals surface area (Å²) in [4.78, 5) is 19.0. The van der Waals surface area contributed by atoms with Gasteiger partial charge in [-0.3, -0.25) is 4.79 Å². The van der Waals surface area contributed by atoms with E-state index in [4.69, 9.17) is 0 Å². The molecule has 132 valence electrons. The van der Waals surface area contributed by atoms with E-state index in [0.29, 0.717) is 5.56 Å². The molecular weight excluding hydrogens is 314 g/mol. The molecule has 0 aliphatic carbocycles. The first-order valence-electron chi connectivity index (χ1n) is 8.80. The Morgan fingerprint density at radius 3 is 2.68 bits per heavy atom. The molecule has 2 N–H and O–H groups in total. The first-order valence-corrected chi connectivity index (χ1v) is 8.80. The number of anilines is 2. The number of benzene rings is 1. The third kappa shape index (κ3) is 4.37. The minimum absolute atomic E-state index is 0.164.